The van der Waals surface area contributed by atoms with Gasteiger partial charge in [0.15, 0.2) is 6.61 Å². The molecule has 0 heterocycles. The maximum absolute atomic E-state index is 9.73. The fourth-order valence-corrected chi connectivity index (χ4v) is 0.886. The minimum Gasteiger partial charge on any atom is -0.396 e. The van der Waals surface area contributed by atoms with E-state index in [1.54, 1.807) is 0 Å². The summed E-state index contributed by atoms with van der Waals surface area (Å²) in [6, 6.07) is 0. The van der Waals surface area contributed by atoms with Crippen LogP contribution in [0.15, 0.2) is 0 Å². The van der Waals surface area contributed by atoms with Crippen LogP contribution in [-0.4, -0.2) is 29.5 Å². The Bertz CT molecular complexity index is 67.2. The first-order chi connectivity index (χ1) is 4.16. The molecule has 6 heteroatoms. The summed E-state index contributed by atoms with van der Waals surface area (Å²) in [5.41, 5.74) is 0. The average Bonchev–Trinajstić information content (AvgIpc) is 1.83. The molecule has 1 atom stereocenters. The predicted molar refractivity (Wildman–Crippen MR) is 19.0 cm³/mol. The normalized spacial score (nSPS) is 14.3. The van der Waals surface area contributed by atoms with Gasteiger partial charge in [0.2, 0.25) is 0 Å². The zero-order chi connectivity index (χ0) is 7.28. The molecule has 0 rings (SSSR count). The molecule has 0 fully saturated rings. The molecule has 0 spiro atoms. The van der Waals surface area contributed by atoms with E-state index in [9.17, 15) is 6.87 Å². The molecule has 9 heavy (non-hydrogen) atoms. The third-order valence-electron chi connectivity index (χ3n) is 0.555. The van der Waals surface area contributed by atoms with Crippen molar-refractivity contribution in [2.24, 2.45) is 0 Å². The Labute approximate surface area is 60.9 Å². The summed E-state index contributed by atoms with van der Waals surface area (Å²) in [7, 11) is 0. The molecule has 0 aliphatic rings. The zero-order valence-electron chi connectivity index (χ0n) is 4.49. The Kier molecular flexibility index (Phi) is 5.64. The first-order valence-electron chi connectivity index (χ1n) is 2.14. The van der Waals surface area contributed by atoms with Gasteiger partial charge in [-0.2, -0.15) is 0 Å². The number of hydrogen-bond acceptors (Lipinski definition) is 5. The van der Waals surface area contributed by atoms with E-state index in [0.29, 0.717) is 0 Å². The van der Waals surface area contributed by atoms with Gasteiger partial charge < -0.3 is 17.1 Å². The Morgan fingerprint density at radius 2 is 2.11 bits per heavy atom. The van der Waals surface area contributed by atoms with Crippen molar-refractivity contribution in [2.45, 2.75) is 6.10 Å². The van der Waals surface area contributed by atoms with Crippen LogP contribution in [0.1, 0.15) is 0 Å². The second-order valence-corrected chi connectivity index (χ2v) is 3.00. The third-order valence-corrected chi connectivity index (χ3v) is 1.42. The first kappa shape index (κ1) is 9.53. The van der Waals surface area contributed by atoms with Gasteiger partial charge in [-0.25, -0.2) is 0 Å². The van der Waals surface area contributed by atoms with Gasteiger partial charge in [0, 0.05) is 0 Å². The third kappa shape index (κ3) is 6.41. The summed E-state index contributed by atoms with van der Waals surface area (Å²) in [6.45, 7) is -0.821. The standard InChI is InChI=1S/C3H7IO5/c5-1-3(6)2-9-4(7)8/h3,5-6H,1-2H2. The zero-order valence-corrected chi connectivity index (χ0v) is 6.65. The van der Waals surface area contributed by atoms with E-state index in [1.165, 1.54) is 0 Å². The van der Waals surface area contributed by atoms with E-state index in [2.05, 4.69) is 3.07 Å². The van der Waals surface area contributed by atoms with Crippen molar-refractivity contribution >= 4 is 0 Å². The quantitative estimate of drug-likeness (QED) is 0.483. The van der Waals surface area contributed by atoms with E-state index in [4.69, 9.17) is 10.2 Å². The van der Waals surface area contributed by atoms with Gasteiger partial charge in [0.05, 0.1) is 6.61 Å². The molecule has 2 N–H and O–H groups in total. The highest BCUT2D eigenvalue weighted by molar-refractivity contribution is 4.45. The Morgan fingerprint density at radius 3 is 2.44 bits per heavy atom. The molecular formula is C3H7IO5. The molecule has 1 unspecified atom stereocenters. The molecule has 0 amide bonds. The predicted octanol–water partition coefficient (Wildman–Crippen LogP) is -6.55. The first-order valence-corrected chi connectivity index (χ1v) is 4.78. The minimum atomic E-state index is -3.66. The van der Waals surface area contributed by atoms with E-state index >= 15 is 0 Å². The van der Waals surface area contributed by atoms with Crippen LogP contribution >= 0.6 is 0 Å². The molecule has 5 nitrogen and oxygen atoms in total. The Balaban J connectivity index is 3.06. The molecule has 0 aromatic carbocycles. The van der Waals surface area contributed by atoms with E-state index in [1.807, 2.05) is 0 Å². The van der Waals surface area contributed by atoms with Crippen molar-refractivity contribution < 1.29 is 41.2 Å². The largest absolute Gasteiger partial charge is 0.506 e. The van der Waals surface area contributed by atoms with Gasteiger partial charge in [0.1, 0.15) is 6.10 Å². The lowest BCUT2D eigenvalue weighted by Gasteiger charge is -1.99. The summed E-state index contributed by atoms with van der Waals surface area (Å²) in [6.07, 6.45) is -1.09. The summed E-state index contributed by atoms with van der Waals surface area (Å²) in [4.78, 5) is 0. The van der Waals surface area contributed by atoms with Gasteiger partial charge in [-0.3, -0.25) is 0 Å². The lowest BCUT2D eigenvalue weighted by atomic mass is 10.4. The Morgan fingerprint density at radius 1 is 1.56 bits per heavy atom. The van der Waals surface area contributed by atoms with Crippen LogP contribution in [-0.2, 0) is 3.07 Å². The molecule has 0 aromatic heterocycles. The highest BCUT2D eigenvalue weighted by atomic mass is 127. The van der Waals surface area contributed by atoms with Gasteiger partial charge >= 0.3 is 21.1 Å². The number of halogens is 1. The monoisotopic (exact) mass is 250 g/mol. The molecule has 0 radical (unpaired) electrons. The van der Waals surface area contributed by atoms with Crippen molar-refractivity contribution in [1.29, 1.82) is 0 Å². The van der Waals surface area contributed by atoms with Crippen molar-refractivity contribution in [1.82, 2.24) is 0 Å². The second kappa shape index (κ2) is 5.33. The molecule has 0 aliphatic carbocycles. The lowest BCUT2D eigenvalue weighted by Crippen LogP contribution is -3.99. The van der Waals surface area contributed by atoms with Crippen LogP contribution in [0.4, 0.5) is 0 Å². The second-order valence-electron chi connectivity index (χ2n) is 1.30. The summed E-state index contributed by atoms with van der Waals surface area (Å²) in [5.74, 6) is 0. The fraction of sp³-hybridized carbons (Fsp3) is 1.00. The molecule has 0 bridgehead atoms. The van der Waals surface area contributed by atoms with Crippen LogP contribution in [0.5, 0.6) is 0 Å². The average molecular weight is 250 g/mol. The van der Waals surface area contributed by atoms with Crippen LogP contribution in [0.2, 0.25) is 0 Å². The number of rotatable bonds is 4. The topological polar surface area (TPSA) is 95.8 Å². The summed E-state index contributed by atoms with van der Waals surface area (Å²) >= 11 is -3.66. The number of hydrogen-bond donors (Lipinski definition) is 2. The fourth-order valence-electron chi connectivity index (χ4n) is 0.177. The molecule has 0 saturated heterocycles. The Hall–Kier alpha value is 0.530. The number of aliphatic hydroxyl groups excluding tert-OH is 2. The summed E-state index contributed by atoms with van der Waals surface area (Å²) < 4.78 is 23.5. The molecule has 0 saturated carbocycles. The highest BCUT2D eigenvalue weighted by Gasteiger charge is 2.15. The smallest absolute Gasteiger partial charge is 0.396 e. The molecule has 56 valence electrons. The maximum atomic E-state index is 9.73. The van der Waals surface area contributed by atoms with Crippen LogP contribution < -0.4 is 27.9 Å². The minimum absolute atomic E-state index is 0.339. The maximum Gasteiger partial charge on any atom is 0.506 e. The van der Waals surface area contributed by atoms with E-state index < -0.39 is 33.8 Å². The SMILES string of the molecule is [O-][I+2]([O-])OCC(O)CO. The van der Waals surface area contributed by atoms with Crippen molar-refractivity contribution in [3.63, 3.8) is 0 Å². The van der Waals surface area contributed by atoms with Gasteiger partial charge in [-0.05, 0) is 3.07 Å². The van der Waals surface area contributed by atoms with Gasteiger partial charge in [0.25, 0.3) is 0 Å². The van der Waals surface area contributed by atoms with E-state index in [0.717, 1.165) is 0 Å². The van der Waals surface area contributed by atoms with Crippen molar-refractivity contribution in [3.05, 3.63) is 0 Å². The van der Waals surface area contributed by atoms with Crippen LogP contribution in [0, 0.1) is 0 Å². The molecular weight excluding hydrogens is 243 g/mol. The molecule has 0 aromatic rings. The number of aliphatic hydroxyl groups is 2. The molecule has 0 aliphatic heterocycles. The lowest BCUT2D eigenvalue weighted by molar-refractivity contribution is -1.63. The van der Waals surface area contributed by atoms with Crippen LogP contribution in [0.25, 0.3) is 0 Å². The van der Waals surface area contributed by atoms with Gasteiger partial charge in [-0.1, -0.05) is 0 Å². The van der Waals surface area contributed by atoms with Crippen molar-refractivity contribution in [2.75, 3.05) is 13.2 Å². The van der Waals surface area contributed by atoms with Crippen molar-refractivity contribution in [3.8, 4) is 0 Å². The van der Waals surface area contributed by atoms with Crippen LogP contribution in [0.3, 0.4) is 0 Å². The highest BCUT2D eigenvalue weighted by Crippen LogP contribution is 1.74. The van der Waals surface area contributed by atoms with Gasteiger partial charge in [-0.15, -0.1) is 0 Å². The summed E-state index contributed by atoms with van der Waals surface area (Å²) in [5, 5.41) is 16.6. The van der Waals surface area contributed by atoms with E-state index in [-0.39, 0.29) is 6.61 Å².